The van der Waals surface area contributed by atoms with Crippen LogP contribution in [0.5, 0.6) is 0 Å². The van der Waals surface area contributed by atoms with Crippen molar-refractivity contribution >= 4 is 0 Å². The number of hydrogen-bond donors (Lipinski definition) is 1. The number of pyridine rings is 1. The molecular formula is C12H17FN2. The summed E-state index contributed by atoms with van der Waals surface area (Å²) in [5, 5.41) is 3.49. The van der Waals surface area contributed by atoms with E-state index in [1.165, 1.54) is 19.0 Å². The third-order valence-electron chi connectivity index (χ3n) is 3.12. The summed E-state index contributed by atoms with van der Waals surface area (Å²) in [4.78, 5) is 3.76. The predicted octanol–water partition coefficient (Wildman–Crippen LogP) is 2.46. The zero-order valence-electron chi connectivity index (χ0n) is 9.20. The topological polar surface area (TPSA) is 24.9 Å². The normalized spacial score (nSPS) is 19.9. The average Bonchev–Trinajstić information content (AvgIpc) is 3.01. The molecule has 1 aliphatic carbocycles. The highest BCUT2D eigenvalue weighted by Gasteiger charge is 2.26. The number of rotatable bonds is 4. The second kappa shape index (κ2) is 4.27. The largest absolute Gasteiger partial charge is 0.311 e. The minimum absolute atomic E-state index is 0.189. The van der Waals surface area contributed by atoms with Crippen LogP contribution in [-0.4, -0.2) is 17.1 Å². The Kier molecular flexibility index (Phi) is 3.00. The van der Waals surface area contributed by atoms with Crippen LogP contribution in [0.3, 0.4) is 0 Å². The molecule has 82 valence electrons. The standard InChI is InChI=1S/C12H17FN2/c1-8(9(2)15-10-3-4-10)11-5-6-14-7-12(11)13/h5-10,15H,3-4H2,1-2H3. The van der Waals surface area contributed by atoms with Crippen molar-refractivity contribution in [2.75, 3.05) is 0 Å². The van der Waals surface area contributed by atoms with Crippen molar-refractivity contribution in [2.45, 2.75) is 44.7 Å². The van der Waals surface area contributed by atoms with Crippen molar-refractivity contribution in [1.29, 1.82) is 0 Å². The zero-order valence-corrected chi connectivity index (χ0v) is 9.20. The van der Waals surface area contributed by atoms with Crippen LogP contribution >= 0.6 is 0 Å². The minimum atomic E-state index is -0.200. The Bertz CT molecular complexity index is 336. The van der Waals surface area contributed by atoms with Gasteiger partial charge in [-0.3, -0.25) is 4.98 Å². The maximum atomic E-state index is 13.5. The van der Waals surface area contributed by atoms with Gasteiger partial charge in [-0.2, -0.15) is 0 Å². The van der Waals surface area contributed by atoms with E-state index in [4.69, 9.17) is 0 Å². The molecule has 1 N–H and O–H groups in total. The first-order valence-corrected chi connectivity index (χ1v) is 5.54. The average molecular weight is 208 g/mol. The Morgan fingerprint density at radius 2 is 2.20 bits per heavy atom. The van der Waals surface area contributed by atoms with Gasteiger partial charge in [0, 0.05) is 18.3 Å². The van der Waals surface area contributed by atoms with Crippen LogP contribution in [0, 0.1) is 5.82 Å². The van der Waals surface area contributed by atoms with Gasteiger partial charge in [-0.25, -0.2) is 4.39 Å². The second-order valence-corrected chi connectivity index (χ2v) is 4.42. The lowest BCUT2D eigenvalue weighted by Crippen LogP contribution is -2.32. The lowest BCUT2D eigenvalue weighted by Gasteiger charge is -2.21. The highest BCUT2D eigenvalue weighted by atomic mass is 19.1. The van der Waals surface area contributed by atoms with Gasteiger partial charge in [0.05, 0.1) is 6.20 Å². The fourth-order valence-electron chi connectivity index (χ4n) is 1.79. The number of nitrogens with one attached hydrogen (secondary N) is 1. The lowest BCUT2D eigenvalue weighted by atomic mass is 9.95. The smallest absolute Gasteiger partial charge is 0.144 e. The van der Waals surface area contributed by atoms with Gasteiger partial charge in [-0.15, -0.1) is 0 Å². The predicted molar refractivity (Wildman–Crippen MR) is 58.2 cm³/mol. The van der Waals surface area contributed by atoms with E-state index in [0.29, 0.717) is 12.1 Å². The molecule has 0 saturated heterocycles. The number of halogens is 1. The van der Waals surface area contributed by atoms with E-state index in [0.717, 1.165) is 5.56 Å². The molecule has 1 aliphatic rings. The first-order chi connectivity index (χ1) is 7.18. The van der Waals surface area contributed by atoms with Crippen molar-refractivity contribution in [3.05, 3.63) is 29.8 Å². The molecule has 1 saturated carbocycles. The van der Waals surface area contributed by atoms with E-state index in [1.54, 1.807) is 12.3 Å². The Hall–Kier alpha value is -0.960. The molecule has 1 aromatic heterocycles. The van der Waals surface area contributed by atoms with E-state index in [2.05, 4.69) is 24.1 Å². The molecule has 1 fully saturated rings. The molecule has 0 amide bonds. The first-order valence-electron chi connectivity index (χ1n) is 5.54. The molecule has 1 heterocycles. The van der Waals surface area contributed by atoms with E-state index in [9.17, 15) is 4.39 Å². The minimum Gasteiger partial charge on any atom is -0.311 e. The SMILES string of the molecule is CC(NC1CC1)C(C)c1ccncc1F. The molecule has 2 atom stereocenters. The van der Waals surface area contributed by atoms with Crippen LogP contribution < -0.4 is 5.32 Å². The van der Waals surface area contributed by atoms with Gasteiger partial charge in [0.25, 0.3) is 0 Å². The van der Waals surface area contributed by atoms with Crippen molar-refractivity contribution in [1.82, 2.24) is 10.3 Å². The molecule has 15 heavy (non-hydrogen) atoms. The van der Waals surface area contributed by atoms with Crippen molar-refractivity contribution in [2.24, 2.45) is 0 Å². The van der Waals surface area contributed by atoms with E-state index >= 15 is 0 Å². The molecule has 2 rings (SSSR count). The van der Waals surface area contributed by atoms with Gasteiger partial charge in [0.2, 0.25) is 0 Å². The number of nitrogens with zero attached hydrogens (tertiary/aromatic N) is 1. The molecule has 3 heteroatoms. The molecule has 0 aliphatic heterocycles. The summed E-state index contributed by atoms with van der Waals surface area (Å²) in [5.41, 5.74) is 0.755. The third kappa shape index (κ3) is 2.53. The quantitative estimate of drug-likeness (QED) is 0.822. The number of aromatic nitrogens is 1. The van der Waals surface area contributed by atoms with E-state index in [1.807, 2.05) is 0 Å². The van der Waals surface area contributed by atoms with Gasteiger partial charge < -0.3 is 5.32 Å². The van der Waals surface area contributed by atoms with Gasteiger partial charge in [0.15, 0.2) is 0 Å². The molecule has 0 bridgehead atoms. The monoisotopic (exact) mass is 208 g/mol. The molecule has 0 radical (unpaired) electrons. The van der Waals surface area contributed by atoms with Crippen LogP contribution in [0.2, 0.25) is 0 Å². The fourth-order valence-corrected chi connectivity index (χ4v) is 1.79. The Balaban J connectivity index is 2.05. The summed E-state index contributed by atoms with van der Waals surface area (Å²) in [7, 11) is 0. The summed E-state index contributed by atoms with van der Waals surface area (Å²) >= 11 is 0. The van der Waals surface area contributed by atoms with Crippen LogP contribution in [0.15, 0.2) is 18.5 Å². The van der Waals surface area contributed by atoms with Crippen LogP contribution in [-0.2, 0) is 0 Å². The summed E-state index contributed by atoms with van der Waals surface area (Å²) in [6, 6.07) is 2.74. The van der Waals surface area contributed by atoms with Crippen molar-refractivity contribution in [3.8, 4) is 0 Å². The van der Waals surface area contributed by atoms with Crippen LogP contribution in [0.25, 0.3) is 0 Å². The summed E-state index contributed by atoms with van der Waals surface area (Å²) in [5.74, 6) is -0.0111. The summed E-state index contributed by atoms with van der Waals surface area (Å²) < 4.78 is 13.5. The van der Waals surface area contributed by atoms with Crippen molar-refractivity contribution < 1.29 is 4.39 Å². The van der Waals surface area contributed by atoms with E-state index in [-0.39, 0.29) is 11.7 Å². The van der Waals surface area contributed by atoms with Gasteiger partial charge in [-0.05, 0) is 37.3 Å². The van der Waals surface area contributed by atoms with Gasteiger partial charge in [0.1, 0.15) is 5.82 Å². The summed E-state index contributed by atoms with van der Waals surface area (Å²) in [6.45, 7) is 4.17. The molecule has 1 aromatic rings. The summed E-state index contributed by atoms with van der Waals surface area (Å²) in [6.07, 6.45) is 5.46. The molecule has 2 unspecified atom stereocenters. The molecular weight excluding hydrogens is 191 g/mol. The third-order valence-corrected chi connectivity index (χ3v) is 3.12. The second-order valence-electron chi connectivity index (χ2n) is 4.42. The van der Waals surface area contributed by atoms with Crippen LogP contribution in [0.1, 0.15) is 38.2 Å². The Labute approximate surface area is 89.9 Å². The van der Waals surface area contributed by atoms with Crippen LogP contribution in [0.4, 0.5) is 4.39 Å². The molecule has 0 spiro atoms. The first kappa shape index (κ1) is 10.6. The Morgan fingerprint density at radius 1 is 1.47 bits per heavy atom. The number of hydrogen-bond acceptors (Lipinski definition) is 2. The van der Waals surface area contributed by atoms with Crippen molar-refractivity contribution in [3.63, 3.8) is 0 Å². The zero-order chi connectivity index (χ0) is 10.8. The maximum Gasteiger partial charge on any atom is 0.144 e. The maximum absolute atomic E-state index is 13.5. The van der Waals surface area contributed by atoms with Gasteiger partial charge >= 0.3 is 0 Å². The molecule has 2 nitrogen and oxygen atoms in total. The molecule has 0 aromatic carbocycles. The lowest BCUT2D eigenvalue weighted by molar-refractivity contribution is 0.461. The highest BCUT2D eigenvalue weighted by Crippen LogP contribution is 2.25. The van der Waals surface area contributed by atoms with Gasteiger partial charge in [-0.1, -0.05) is 6.92 Å². The fraction of sp³-hybridized carbons (Fsp3) is 0.583. The highest BCUT2D eigenvalue weighted by molar-refractivity contribution is 5.19. The Morgan fingerprint density at radius 3 is 2.80 bits per heavy atom. The van der Waals surface area contributed by atoms with E-state index < -0.39 is 0 Å².